The van der Waals surface area contributed by atoms with Crippen molar-refractivity contribution in [3.8, 4) is 0 Å². The van der Waals surface area contributed by atoms with Gasteiger partial charge in [-0.15, -0.1) is 0 Å². The summed E-state index contributed by atoms with van der Waals surface area (Å²) in [5.74, 6) is -4.10. The summed E-state index contributed by atoms with van der Waals surface area (Å²) in [6, 6.07) is 3.63. The lowest BCUT2D eigenvalue weighted by Gasteiger charge is -2.07. The van der Waals surface area contributed by atoms with E-state index in [4.69, 9.17) is 5.11 Å². The number of carboxylic acids is 1. The van der Waals surface area contributed by atoms with Crippen LogP contribution in [0.25, 0.3) is 0 Å². The minimum absolute atomic E-state index is 0.000854. The van der Waals surface area contributed by atoms with E-state index in [1.54, 1.807) is 0 Å². The summed E-state index contributed by atoms with van der Waals surface area (Å²) >= 11 is 0. The largest absolute Gasteiger partial charge is 0.481 e. The molecule has 17 heavy (non-hydrogen) atoms. The first-order valence-corrected chi connectivity index (χ1v) is 6.41. The number of carbonyl (C=O) groups is 1. The molecule has 94 valence electrons. The Morgan fingerprint density at radius 3 is 2.71 bits per heavy atom. The summed E-state index contributed by atoms with van der Waals surface area (Å²) in [5.41, 5.74) is 0.000854. The normalized spacial score (nSPS) is 14.3. The first-order valence-electron chi connectivity index (χ1n) is 4.92. The lowest BCUT2D eigenvalue weighted by Crippen LogP contribution is -2.18. The number of carboxylic acid groups (broad SMARTS) is 1. The molecule has 3 nitrogen and oxygen atoms in total. The second-order valence-corrected chi connectivity index (χ2v) is 5.20. The van der Waals surface area contributed by atoms with Crippen LogP contribution in [0, 0.1) is 17.6 Å². The van der Waals surface area contributed by atoms with Crippen molar-refractivity contribution in [3.63, 3.8) is 0 Å². The maximum Gasteiger partial charge on any atom is 0.307 e. The monoisotopic (exact) mass is 262 g/mol. The molecule has 0 heterocycles. The van der Waals surface area contributed by atoms with E-state index in [1.807, 2.05) is 0 Å². The third-order valence-corrected chi connectivity index (χ3v) is 3.71. The molecule has 1 aromatic rings. The molecule has 0 aliphatic heterocycles. The third kappa shape index (κ3) is 3.89. The zero-order valence-corrected chi connectivity index (χ0v) is 9.97. The van der Waals surface area contributed by atoms with Crippen molar-refractivity contribution in [3.05, 3.63) is 35.4 Å². The summed E-state index contributed by atoms with van der Waals surface area (Å²) < 4.78 is 37.6. The van der Waals surface area contributed by atoms with E-state index in [-0.39, 0.29) is 17.1 Å². The fraction of sp³-hybridized carbons (Fsp3) is 0.364. The van der Waals surface area contributed by atoms with Gasteiger partial charge in [-0.25, -0.2) is 8.78 Å². The van der Waals surface area contributed by atoms with Crippen LogP contribution in [0.4, 0.5) is 8.78 Å². The van der Waals surface area contributed by atoms with Crippen LogP contribution in [0.3, 0.4) is 0 Å². The van der Waals surface area contributed by atoms with Crippen LogP contribution in [0.5, 0.6) is 0 Å². The van der Waals surface area contributed by atoms with Crippen molar-refractivity contribution in [1.29, 1.82) is 0 Å². The molecular weight excluding hydrogens is 250 g/mol. The minimum Gasteiger partial charge on any atom is -0.481 e. The Morgan fingerprint density at radius 1 is 1.47 bits per heavy atom. The van der Waals surface area contributed by atoms with Gasteiger partial charge < -0.3 is 5.11 Å². The van der Waals surface area contributed by atoms with Gasteiger partial charge in [-0.2, -0.15) is 0 Å². The van der Waals surface area contributed by atoms with Crippen LogP contribution in [-0.4, -0.2) is 21.0 Å². The van der Waals surface area contributed by atoms with Gasteiger partial charge in [-0.3, -0.25) is 9.00 Å². The van der Waals surface area contributed by atoms with Crippen molar-refractivity contribution in [2.24, 2.45) is 5.92 Å². The maximum atomic E-state index is 13.2. The highest BCUT2D eigenvalue weighted by atomic mass is 32.2. The second kappa shape index (κ2) is 5.86. The molecule has 2 unspecified atom stereocenters. The fourth-order valence-corrected chi connectivity index (χ4v) is 2.63. The predicted molar refractivity (Wildman–Crippen MR) is 59.9 cm³/mol. The average Bonchev–Trinajstić information content (AvgIpc) is 2.24. The summed E-state index contributed by atoms with van der Waals surface area (Å²) in [5, 5.41) is 8.63. The maximum absolute atomic E-state index is 13.2. The SMILES string of the molecule is CC(CS(=O)Cc1cccc(F)c1F)C(=O)O. The highest BCUT2D eigenvalue weighted by molar-refractivity contribution is 7.84. The van der Waals surface area contributed by atoms with E-state index in [9.17, 15) is 17.8 Å². The van der Waals surface area contributed by atoms with Gasteiger partial charge in [0.2, 0.25) is 0 Å². The molecule has 0 saturated heterocycles. The number of hydrogen-bond donors (Lipinski definition) is 1. The van der Waals surface area contributed by atoms with Gasteiger partial charge in [0.25, 0.3) is 0 Å². The van der Waals surface area contributed by atoms with Crippen molar-refractivity contribution in [2.75, 3.05) is 5.75 Å². The Bertz CT molecular complexity index is 448. The topological polar surface area (TPSA) is 54.4 Å². The second-order valence-electron chi connectivity index (χ2n) is 3.70. The molecule has 0 aromatic heterocycles. The fourth-order valence-electron chi connectivity index (χ4n) is 1.24. The Labute approximate surface area is 99.9 Å². The minimum atomic E-state index is -1.53. The van der Waals surface area contributed by atoms with Crippen LogP contribution in [0.15, 0.2) is 18.2 Å². The summed E-state index contributed by atoms with van der Waals surface area (Å²) in [6.07, 6.45) is 0. The first kappa shape index (κ1) is 13.8. The smallest absolute Gasteiger partial charge is 0.307 e. The van der Waals surface area contributed by atoms with Crippen molar-refractivity contribution in [2.45, 2.75) is 12.7 Å². The van der Waals surface area contributed by atoms with Gasteiger partial charge in [-0.05, 0) is 6.07 Å². The van der Waals surface area contributed by atoms with Crippen LogP contribution in [-0.2, 0) is 21.3 Å². The molecule has 0 aliphatic carbocycles. The molecule has 0 spiro atoms. The summed E-state index contributed by atoms with van der Waals surface area (Å²) in [7, 11) is -1.53. The molecule has 2 atom stereocenters. The Kier molecular flexibility index (Phi) is 4.74. The lowest BCUT2D eigenvalue weighted by atomic mass is 10.2. The lowest BCUT2D eigenvalue weighted by molar-refractivity contribution is -0.140. The zero-order chi connectivity index (χ0) is 13.0. The Hall–Kier alpha value is -1.30. The number of aliphatic carboxylic acids is 1. The molecule has 0 saturated carbocycles. The summed E-state index contributed by atoms with van der Waals surface area (Å²) in [4.78, 5) is 10.5. The number of rotatable bonds is 5. The molecule has 1 N–H and O–H groups in total. The molecule has 6 heteroatoms. The molecule has 0 radical (unpaired) electrons. The van der Waals surface area contributed by atoms with E-state index in [2.05, 4.69) is 0 Å². The predicted octanol–water partition coefficient (Wildman–Crippen LogP) is 1.93. The summed E-state index contributed by atoms with van der Waals surface area (Å²) in [6.45, 7) is 1.42. The quantitative estimate of drug-likeness (QED) is 0.882. The van der Waals surface area contributed by atoms with Crippen LogP contribution in [0.1, 0.15) is 12.5 Å². The van der Waals surface area contributed by atoms with Crippen molar-refractivity contribution in [1.82, 2.24) is 0 Å². The highest BCUT2D eigenvalue weighted by Crippen LogP contribution is 2.14. The molecule has 0 aliphatic rings. The number of hydrogen-bond acceptors (Lipinski definition) is 2. The van der Waals surface area contributed by atoms with Gasteiger partial charge in [-0.1, -0.05) is 19.1 Å². The Balaban J connectivity index is 2.69. The average molecular weight is 262 g/mol. The number of benzene rings is 1. The van der Waals surface area contributed by atoms with Gasteiger partial charge in [0.05, 0.1) is 11.7 Å². The molecule has 1 aromatic carbocycles. The van der Waals surface area contributed by atoms with E-state index in [0.717, 1.165) is 6.07 Å². The third-order valence-electron chi connectivity index (χ3n) is 2.21. The van der Waals surface area contributed by atoms with Crippen molar-refractivity contribution >= 4 is 16.8 Å². The van der Waals surface area contributed by atoms with E-state index < -0.39 is 34.3 Å². The van der Waals surface area contributed by atoms with Crippen LogP contribution >= 0.6 is 0 Å². The van der Waals surface area contributed by atoms with Crippen LogP contribution in [0.2, 0.25) is 0 Å². The van der Waals surface area contributed by atoms with Gasteiger partial charge in [0, 0.05) is 22.1 Å². The zero-order valence-electron chi connectivity index (χ0n) is 9.15. The van der Waals surface area contributed by atoms with Gasteiger partial charge in [0.15, 0.2) is 11.6 Å². The first-order chi connectivity index (χ1) is 7.91. The van der Waals surface area contributed by atoms with E-state index in [0.29, 0.717) is 0 Å². The number of halogens is 2. The van der Waals surface area contributed by atoms with Gasteiger partial charge >= 0.3 is 5.97 Å². The van der Waals surface area contributed by atoms with Gasteiger partial charge in [0.1, 0.15) is 0 Å². The van der Waals surface area contributed by atoms with Crippen LogP contribution < -0.4 is 0 Å². The van der Waals surface area contributed by atoms with E-state index >= 15 is 0 Å². The van der Waals surface area contributed by atoms with E-state index in [1.165, 1.54) is 19.1 Å². The standard InChI is InChI=1S/C11H12F2O3S/c1-7(11(14)15)5-17(16)6-8-3-2-4-9(12)10(8)13/h2-4,7H,5-6H2,1H3,(H,14,15). The van der Waals surface area contributed by atoms with Crippen molar-refractivity contribution < 1.29 is 22.9 Å². The Morgan fingerprint density at radius 2 is 2.12 bits per heavy atom. The molecule has 0 fully saturated rings. The molecule has 0 amide bonds. The molecule has 1 rings (SSSR count). The molecular formula is C11H12F2O3S. The highest BCUT2D eigenvalue weighted by Gasteiger charge is 2.17. The molecule has 0 bridgehead atoms.